The summed E-state index contributed by atoms with van der Waals surface area (Å²) in [4.78, 5) is 45.5. The van der Waals surface area contributed by atoms with Gasteiger partial charge in [0, 0.05) is 44.8 Å². The van der Waals surface area contributed by atoms with E-state index in [-0.39, 0.29) is 53.5 Å². The van der Waals surface area contributed by atoms with Crippen LogP contribution in [0.2, 0.25) is 0 Å². The zero-order chi connectivity index (χ0) is 26.2. The molecule has 0 atom stereocenters. The molecule has 0 aliphatic rings. The van der Waals surface area contributed by atoms with Gasteiger partial charge in [-0.3, -0.25) is 9.59 Å². The number of nitrogens with two attached hydrogens (primary N) is 2. The molecule has 4 aromatic rings. The summed E-state index contributed by atoms with van der Waals surface area (Å²) in [6, 6.07) is 25.5. The fourth-order valence-electron chi connectivity index (χ4n) is 3.29. The largest absolute Gasteiger partial charge is 2.00 e. The van der Waals surface area contributed by atoms with E-state index in [1.807, 2.05) is 12.1 Å². The summed E-state index contributed by atoms with van der Waals surface area (Å²) >= 11 is 0. The van der Waals surface area contributed by atoms with Crippen LogP contribution in [0.15, 0.2) is 97.1 Å². The van der Waals surface area contributed by atoms with E-state index in [1.54, 1.807) is 48.5 Å². The fourth-order valence-corrected chi connectivity index (χ4v) is 3.29. The first-order valence-electron chi connectivity index (χ1n) is 10.6. The minimum absolute atomic E-state index is 0. The average Bonchev–Trinajstić information content (AvgIpc) is 2.88. The van der Waals surface area contributed by atoms with Crippen LogP contribution in [0.1, 0.15) is 52.6 Å². The van der Waals surface area contributed by atoms with Crippen LogP contribution < -0.4 is 21.7 Å². The van der Waals surface area contributed by atoms with Crippen LogP contribution in [0, 0.1) is 0 Å². The fraction of sp³-hybridized carbons (Fsp3) is 0. The molecular weight excluding hydrogens is 526 g/mol. The van der Waals surface area contributed by atoms with Gasteiger partial charge in [-0.15, -0.1) is 0 Å². The van der Waals surface area contributed by atoms with Crippen molar-refractivity contribution in [1.82, 2.24) is 0 Å². The molecule has 0 aliphatic heterocycles. The Morgan fingerprint density at radius 3 is 1.08 bits per heavy atom. The standard InChI is InChI=1S/2C14H11NO3.Zn/c2*15-12-8-10(6-7-11(12)14(17)18)13(16)9-4-2-1-3-5-9;/h2*1-8H,15H2,(H,17,18);/q;;+2/p-2. The minimum Gasteiger partial charge on any atom is -0.545 e. The van der Waals surface area contributed by atoms with E-state index in [0.717, 1.165) is 0 Å². The van der Waals surface area contributed by atoms with Gasteiger partial charge < -0.3 is 31.3 Å². The van der Waals surface area contributed by atoms with Crippen molar-refractivity contribution in [3.05, 3.63) is 130 Å². The molecule has 9 heteroatoms. The van der Waals surface area contributed by atoms with E-state index in [9.17, 15) is 29.4 Å². The number of carboxylic acid groups (broad SMARTS) is 2. The Morgan fingerprint density at radius 2 is 0.811 bits per heavy atom. The monoisotopic (exact) mass is 544 g/mol. The topological polar surface area (TPSA) is 166 Å². The quantitative estimate of drug-likeness (QED) is 0.210. The van der Waals surface area contributed by atoms with Crippen molar-refractivity contribution in [2.24, 2.45) is 0 Å². The molecule has 180 valence electrons. The average molecular weight is 546 g/mol. The van der Waals surface area contributed by atoms with Gasteiger partial charge in [0.15, 0.2) is 11.6 Å². The van der Waals surface area contributed by atoms with E-state index in [1.165, 1.54) is 36.4 Å². The number of hydrogen-bond donors (Lipinski definition) is 2. The van der Waals surface area contributed by atoms with Gasteiger partial charge in [0.25, 0.3) is 0 Å². The van der Waals surface area contributed by atoms with Gasteiger partial charge in [0.05, 0.1) is 11.9 Å². The smallest absolute Gasteiger partial charge is 0.545 e. The Balaban J connectivity index is 0.000000253. The second kappa shape index (κ2) is 12.9. The van der Waals surface area contributed by atoms with Crippen LogP contribution in [-0.4, -0.2) is 23.5 Å². The Kier molecular flexibility index (Phi) is 9.98. The normalized spacial score (nSPS) is 9.73. The summed E-state index contributed by atoms with van der Waals surface area (Å²) in [6.45, 7) is 0. The molecule has 0 spiro atoms. The third-order valence-electron chi connectivity index (χ3n) is 5.14. The van der Waals surface area contributed by atoms with E-state index < -0.39 is 11.9 Å². The predicted octanol–water partition coefficient (Wildman–Crippen LogP) is 1.72. The second-order valence-electron chi connectivity index (χ2n) is 7.57. The van der Waals surface area contributed by atoms with E-state index >= 15 is 0 Å². The molecule has 0 amide bonds. The first-order valence-corrected chi connectivity index (χ1v) is 10.6. The Hall–Kier alpha value is -4.62. The van der Waals surface area contributed by atoms with Crippen LogP contribution in [0.5, 0.6) is 0 Å². The number of benzene rings is 4. The van der Waals surface area contributed by atoms with Crippen LogP contribution in [-0.2, 0) is 19.5 Å². The molecule has 4 aromatic carbocycles. The zero-order valence-electron chi connectivity index (χ0n) is 19.5. The number of ketones is 2. The molecule has 4 N–H and O–H groups in total. The maximum atomic E-state index is 12.1. The van der Waals surface area contributed by atoms with Crippen LogP contribution in [0.3, 0.4) is 0 Å². The molecule has 0 bridgehead atoms. The number of anilines is 2. The third kappa shape index (κ3) is 7.19. The Bertz CT molecular complexity index is 1330. The molecule has 0 saturated heterocycles. The van der Waals surface area contributed by atoms with Crippen molar-refractivity contribution in [2.75, 3.05) is 11.5 Å². The number of aromatic carboxylic acids is 2. The molecule has 0 radical (unpaired) electrons. The van der Waals surface area contributed by atoms with Gasteiger partial charge in [0.2, 0.25) is 0 Å². The molecule has 8 nitrogen and oxygen atoms in total. The van der Waals surface area contributed by atoms with Gasteiger partial charge in [0.1, 0.15) is 0 Å². The predicted molar refractivity (Wildman–Crippen MR) is 130 cm³/mol. The van der Waals surface area contributed by atoms with Crippen molar-refractivity contribution in [1.29, 1.82) is 0 Å². The first kappa shape index (κ1) is 28.6. The molecule has 0 aliphatic carbocycles. The third-order valence-corrected chi connectivity index (χ3v) is 5.14. The van der Waals surface area contributed by atoms with Crippen molar-refractivity contribution >= 4 is 34.9 Å². The molecule has 0 heterocycles. The maximum absolute atomic E-state index is 12.1. The number of carbonyl (C=O) groups is 4. The summed E-state index contributed by atoms with van der Waals surface area (Å²) in [5, 5.41) is 21.4. The number of rotatable bonds is 6. The molecule has 0 unspecified atom stereocenters. The van der Waals surface area contributed by atoms with Crippen molar-refractivity contribution in [3.8, 4) is 0 Å². The van der Waals surface area contributed by atoms with Gasteiger partial charge >= 0.3 is 19.5 Å². The van der Waals surface area contributed by atoms with E-state index in [2.05, 4.69) is 0 Å². The summed E-state index contributed by atoms with van der Waals surface area (Å²) in [5.74, 6) is -3.11. The number of carboxylic acids is 2. The summed E-state index contributed by atoms with van der Waals surface area (Å²) in [5.41, 5.74) is 12.7. The van der Waals surface area contributed by atoms with Crippen molar-refractivity contribution in [2.45, 2.75) is 0 Å². The summed E-state index contributed by atoms with van der Waals surface area (Å²) < 4.78 is 0. The van der Waals surface area contributed by atoms with Crippen LogP contribution in [0.4, 0.5) is 11.4 Å². The first-order chi connectivity index (χ1) is 17.2. The Labute approximate surface area is 225 Å². The molecule has 37 heavy (non-hydrogen) atoms. The molecule has 0 aromatic heterocycles. The van der Waals surface area contributed by atoms with Crippen LogP contribution in [0.25, 0.3) is 0 Å². The maximum Gasteiger partial charge on any atom is 2.00 e. The van der Waals surface area contributed by atoms with Gasteiger partial charge in [-0.25, -0.2) is 0 Å². The molecular formula is C28H20N2O6Zn. The summed E-state index contributed by atoms with van der Waals surface area (Å²) in [6.07, 6.45) is 0. The van der Waals surface area contributed by atoms with E-state index in [4.69, 9.17) is 11.5 Å². The second-order valence-corrected chi connectivity index (χ2v) is 7.57. The van der Waals surface area contributed by atoms with Crippen LogP contribution >= 0.6 is 0 Å². The minimum atomic E-state index is -1.36. The SMILES string of the molecule is Nc1cc(C(=O)c2ccccc2)ccc1C(=O)[O-].Nc1cc(C(=O)c2ccccc2)ccc1C(=O)[O-].[Zn+2]. The number of nitrogen functional groups attached to an aromatic ring is 2. The molecule has 0 saturated carbocycles. The van der Waals surface area contributed by atoms with Crippen molar-refractivity contribution in [3.63, 3.8) is 0 Å². The van der Waals surface area contributed by atoms with Crippen molar-refractivity contribution < 1.29 is 48.9 Å². The summed E-state index contributed by atoms with van der Waals surface area (Å²) in [7, 11) is 0. The number of hydrogen-bond acceptors (Lipinski definition) is 8. The molecule has 0 fully saturated rings. The molecule has 4 rings (SSSR count). The Morgan fingerprint density at radius 1 is 0.486 bits per heavy atom. The van der Waals surface area contributed by atoms with Gasteiger partial charge in [-0.05, 0) is 12.1 Å². The van der Waals surface area contributed by atoms with E-state index in [0.29, 0.717) is 22.3 Å². The van der Waals surface area contributed by atoms with Gasteiger partial charge in [-0.2, -0.15) is 0 Å². The van der Waals surface area contributed by atoms with Gasteiger partial charge in [-0.1, -0.05) is 84.9 Å². The number of carbonyl (C=O) groups excluding carboxylic acids is 4. The zero-order valence-corrected chi connectivity index (χ0v) is 22.5.